The number of rotatable bonds is 1. The van der Waals surface area contributed by atoms with Gasteiger partial charge in [0.1, 0.15) is 11.9 Å². The summed E-state index contributed by atoms with van der Waals surface area (Å²) in [4.78, 5) is 4.33. The number of aliphatic hydroxyl groups excluding tert-OH is 1. The van der Waals surface area contributed by atoms with Gasteiger partial charge in [-0.1, -0.05) is 0 Å². The normalized spacial score (nSPS) is 19.9. The first-order valence-corrected chi connectivity index (χ1v) is 5.88. The van der Waals surface area contributed by atoms with Crippen LogP contribution in [0.1, 0.15) is 37.5 Å². The fraction of sp³-hybridized carbons (Fsp3) is 0.500. The molecule has 0 bridgehead atoms. The van der Waals surface area contributed by atoms with E-state index in [0.717, 1.165) is 29.5 Å². The number of imidazole rings is 1. The lowest BCUT2D eigenvalue weighted by Crippen LogP contribution is -2.23. The van der Waals surface area contributed by atoms with E-state index in [1.165, 1.54) is 0 Å². The monoisotopic (exact) mass is 232 g/mol. The summed E-state index contributed by atoms with van der Waals surface area (Å²) < 4.78 is 4.13. The molecular weight excluding hydrogens is 216 g/mol. The van der Waals surface area contributed by atoms with Crippen LogP contribution < -0.4 is 0 Å². The number of hydrogen-bond donors (Lipinski definition) is 1. The molecule has 0 aromatic carbocycles. The van der Waals surface area contributed by atoms with Gasteiger partial charge in [-0.15, -0.1) is 0 Å². The summed E-state index contributed by atoms with van der Waals surface area (Å²) in [5, 5.41) is 14.2. The number of aryl methyl sites for hydroxylation is 1. The molecule has 2 atom stereocenters. The Morgan fingerprint density at radius 2 is 2.24 bits per heavy atom. The van der Waals surface area contributed by atoms with E-state index >= 15 is 0 Å². The molecule has 5 nitrogen and oxygen atoms in total. The lowest BCUT2D eigenvalue weighted by atomic mass is 10.2. The lowest BCUT2D eigenvalue weighted by molar-refractivity contribution is 0.179. The molecule has 2 aromatic heterocycles. The molecule has 0 amide bonds. The van der Waals surface area contributed by atoms with Gasteiger partial charge in [0.25, 0.3) is 0 Å². The fourth-order valence-corrected chi connectivity index (χ4v) is 2.56. The summed E-state index contributed by atoms with van der Waals surface area (Å²) in [7, 11) is 0. The molecule has 1 aliphatic heterocycles. The predicted molar refractivity (Wildman–Crippen MR) is 63.5 cm³/mol. The highest BCUT2D eigenvalue weighted by Gasteiger charge is 2.26. The summed E-state index contributed by atoms with van der Waals surface area (Å²) in [6.07, 6.45) is 1.28. The summed E-state index contributed by atoms with van der Waals surface area (Å²) in [5.41, 5.74) is 3.14. The van der Waals surface area contributed by atoms with E-state index in [0.29, 0.717) is 0 Å². The summed E-state index contributed by atoms with van der Waals surface area (Å²) >= 11 is 0. The SMILES string of the molecule is Cc1cc2n(n1)C[C@H](C)n1c-2cnc1[C@H](C)O. The molecule has 0 aliphatic carbocycles. The van der Waals surface area contributed by atoms with Crippen LogP contribution in [0.15, 0.2) is 12.3 Å². The molecule has 1 N–H and O–H groups in total. The molecule has 0 unspecified atom stereocenters. The van der Waals surface area contributed by atoms with Crippen molar-refractivity contribution >= 4 is 0 Å². The quantitative estimate of drug-likeness (QED) is 0.814. The van der Waals surface area contributed by atoms with E-state index in [4.69, 9.17) is 0 Å². The van der Waals surface area contributed by atoms with E-state index in [2.05, 4.69) is 27.6 Å². The van der Waals surface area contributed by atoms with Gasteiger partial charge in [0.2, 0.25) is 0 Å². The molecule has 2 aromatic rings. The molecule has 0 radical (unpaired) electrons. The molecule has 3 rings (SSSR count). The van der Waals surface area contributed by atoms with Crippen molar-refractivity contribution in [3.05, 3.63) is 23.8 Å². The molecule has 0 saturated heterocycles. The van der Waals surface area contributed by atoms with Gasteiger partial charge in [-0.3, -0.25) is 4.68 Å². The third-order valence-electron chi connectivity index (χ3n) is 3.24. The molecular formula is C12H16N4O. The zero-order valence-corrected chi connectivity index (χ0v) is 10.3. The predicted octanol–water partition coefficient (Wildman–Crippen LogP) is 1.68. The third kappa shape index (κ3) is 1.42. The minimum absolute atomic E-state index is 0.267. The highest BCUT2D eigenvalue weighted by atomic mass is 16.3. The highest BCUT2D eigenvalue weighted by molar-refractivity contribution is 5.57. The smallest absolute Gasteiger partial charge is 0.138 e. The zero-order valence-electron chi connectivity index (χ0n) is 10.3. The van der Waals surface area contributed by atoms with Gasteiger partial charge >= 0.3 is 0 Å². The van der Waals surface area contributed by atoms with Crippen molar-refractivity contribution in [1.29, 1.82) is 0 Å². The molecule has 17 heavy (non-hydrogen) atoms. The Morgan fingerprint density at radius 3 is 2.94 bits per heavy atom. The second-order valence-electron chi connectivity index (χ2n) is 4.75. The number of nitrogens with zero attached hydrogens (tertiary/aromatic N) is 4. The first-order chi connectivity index (χ1) is 8.08. The van der Waals surface area contributed by atoms with E-state index in [1.54, 1.807) is 6.92 Å². The second kappa shape index (κ2) is 3.43. The average molecular weight is 232 g/mol. The third-order valence-corrected chi connectivity index (χ3v) is 3.24. The van der Waals surface area contributed by atoms with Gasteiger partial charge in [-0.25, -0.2) is 4.98 Å². The largest absolute Gasteiger partial charge is 0.385 e. The topological polar surface area (TPSA) is 55.9 Å². The van der Waals surface area contributed by atoms with E-state index < -0.39 is 6.10 Å². The van der Waals surface area contributed by atoms with Crippen LogP contribution in [0.2, 0.25) is 0 Å². The van der Waals surface area contributed by atoms with Gasteiger partial charge in [-0.05, 0) is 26.8 Å². The van der Waals surface area contributed by atoms with Crippen LogP contribution >= 0.6 is 0 Å². The summed E-state index contributed by atoms with van der Waals surface area (Å²) in [6, 6.07) is 2.33. The first kappa shape index (κ1) is 10.5. The molecule has 0 fully saturated rings. The van der Waals surface area contributed by atoms with Crippen molar-refractivity contribution in [2.75, 3.05) is 0 Å². The van der Waals surface area contributed by atoms with E-state index in [9.17, 15) is 5.11 Å². The molecule has 3 heterocycles. The van der Waals surface area contributed by atoms with Crippen LogP contribution in [0.3, 0.4) is 0 Å². The van der Waals surface area contributed by atoms with Crippen LogP contribution in [0.25, 0.3) is 11.4 Å². The van der Waals surface area contributed by atoms with Crippen LogP contribution in [-0.4, -0.2) is 24.4 Å². The van der Waals surface area contributed by atoms with Crippen LogP contribution in [0.5, 0.6) is 0 Å². The van der Waals surface area contributed by atoms with Crippen molar-refractivity contribution in [1.82, 2.24) is 19.3 Å². The van der Waals surface area contributed by atoms with Crippen molar-refractivity contribution in [3.8, 4) is 11.4 Å². The highest BCUT2D eigenvalue weighted by Crippen LogP contribution is 2.33. The standard InChI is InChI=1S/C12H16N4O/c1-7-4-10-11-5-13-12(9(3)17)16(11)8(2)6-15(10)14-7/h4-5,8-9,17H,6H2,1-3H3/t8-,9-/m0/s1. The maximum atomic E-state index is 9.73. The second-order valence-corrected chi connectivity index (χ2v) is 4.75. The Hall–Kier alpha value is -1.62. The van der Waals surface area contributed by atoms with Gasteiger partial charge in [0.15, 0.2) is 0 Å². The number of hydrogen-bond acceptors (Lipinski definition) is 3. The van der Waals surface area contributed by atoms with Gasteiger partial charge in [0, 0.05) is 0 Å². The summed E-state index contributed by atoms with van der Waals surface area (Å²) in [6.45, 7) is 6.69. The van der Waals surface area contributed by atoms with Crippen LogP contribution in [-0.2, 0) is 6.54 Å². The Bertz CT molecular complexity index is 567. The van der Waals surface area contributed by atoms with Crippen molar-refractivity contribution in [3.63, 3.8) is 0 Å². The van der Waals surface area contributed by atoms with E-state index in [-0.39, 0.29) is 6.04 Å². The minimum atomic E-state index is -0.540. The van der Waals surface area contributed by atoms with Crippen molar-refractivity contribution in [2.45, 2.75) is 39.5 Å². The van der Waals surface area contributed by atoms with Gasteiger partial charge in [0.05, 0.1) is 35.9 Å². The van der Waals surface area contributed by atoms with Gasteiger partial charge in [-0.2, -0.15) is 5.10 Å². The Kier molecular flexibility index (Phi) is 2.13. The van der Waals surface area contributed by atoms with Crippen LogP contribution in [0.4, 0.5) is 0 Å². The van der Waals surface area contributed by atoms with Gasteiger partial charge < -0.3 is 9.67 Å². The van der Waals surface area contributed by atoms with Crippen molar-refractivity contribution in [2.24, 2.45) is 0 Å². The maximum Gasteiger partial charge on any atom is 0.138 e. The maximum absolute atomic E-state index is 9.73. The molecule has 90 valence electrons. The summed E-state index contributed by atoms with van der Waals surface area (Å²) in [5.74, 6) is 0.734. The Balaban J connectivity index is 2.23. The molecule has 5 heteroatoms. The first-order valence-electron chi connectivity index (χ1n) is 5.88. The number of fused-ring (bicyclic) bond motifs is 3. The molecule has 0 saturated carbocycles. The fourth-order valence-electron chi connectivity index (χ4n) is 2.56. The number of aromatic nitrogens is 4. The Morgan fingerprint density at radius 1 is 1.47 bits per heavy atom. The van der Waals surface area contributed by atoms with Crippen LogP contribution in [0, 0.1) is 6.92 Å². The minimum Gasteiger partial charge on any atom is -0.385 e. The van der Waals surface area contributed by atoms with E-state index in [1.807, 2.05) is 17.8 Å². The Labute approximate surface area is 99.7 Å². The molecule has 0 spiro atoms. The molecule has 1 aliphatic rings. The number of aliphatic hydroxyl groups is 1. The zero-order chi connectivity index (χ0) is 12.2. The lowest BCUT2D eigenvalue weighted by Gasteiger charge is -2.26. The average Bonchev–Trinajstić information content (AvgIpc) is 2.80. The van der Waals surface area contributed by atoms with Crippen molar-refractivity contribution < 1.29 is 5.11 Å².